The minimum Gasteiger partial charge on any atom is -0.491 e. The maximum Gasteiger partial charge on any atom is 0.261 e. The van der Waals surface area contributed by atoms with Crippen LogP contribution in [-0.4, -0.2) is 40.6 Å². The molecule has 1 N–H and O–H groups in total. The first-order chi connectivity index (χ1) is 11.8. The van der Waals surface area contributed by atoms with Gasteiger partial charge in [0.25, 0.3) is 10.0 Å². The van der Waals surface area contributed by atoms with Crippen LogP contribution < -0.4 is 9.46 Å². The zero-order chi connectivity index (χ0) is 18.4. The van der Waals surface area contributed by atoms with Crippen molar-refractivity contribution in [1.29, 1.82) is 0 Å². The monoisotopic (exact) mass is 382 g/mol. The number of anilines is 1. The highest BCUT2D eigenvalue weighted by atomic mass is 35.5. The van der Waals surface area contributed by atoms with Crippen LogP contribution >= 0.6 is 11.6 Å². The molecular weight excluding hydrogens is 360 g/mol. The molecule has 25 heavy (non-hydrogen) atoms. The molecule has 0 atom stereocenters. The van der Waals surface area contributed by atoms with Gasteiger partial charge in [-0.15, -0.1) is 0 Å². The van der Waals surface area contributed by atoms with Crippen molar-refractivity contribution >= 4 is 27.3 Å². The van der Waals surface area contributed by atoms with Crippen LogP contribution in [-0.2, 0) is 16.4 Å². The lowest BCUT2D eigenvalue weighted by atomic mass is 10.2. The number of halogens is 1. The fourth-order valence-corrected chi connectivity index (χ4v) is 3.36. The predicted molar refractivity (Wildman–Crippen MR) is 102 cm³/mol. The Balaban J connectivity index is 2.15. The van der Waals surface area contributed by atoms with Crippen molar-refractivity contribution in [3.05, 3.63) is 53.1 Å². The van der Waals surface area contributed by atoms with Crippen LogP contribution in [0.1, 0.15) is 12.5 Å². The smallest absolute Gasteiger partial charge is 0.261 e. The summed E-state index contributed by atoms with van der Waals surface area (Å²) >= 11 is 6.12. The SMILES string of the molecule is CCc1ccc(S(=O)(=O)Nc2ccc(Cl)c(OCCN(C)C)c2)cc1. The summed E-state index contributed by atoms with van der Waals surface area (Å²) in [6, 6.07) is 11.6. The molecule has 0 aliphatic heterocycles. The quantitative estimate of drug-likeness (QED) is 0.757. The summed E-state index contributed by atoms with van der Waals surface area (Å²) in [4.78, 5) is 2.20. The van der Waals surface area contributed by atoms with E-state index >= 15 is 0 Å². The number of sulfonamides is 1. The number of aryl methyl sites for hydroxylation is 1. The zero-order valence-corrected chi connectivity index (χ0v) is 16.2. The molecule has 2 aromatic rings. The predicted octanol–water partition coefficient (Wildman–Crippen LogP) is 3.64. The molecule has 5 nitrogen and oxygen atoms in total. The highest BCUT2D eigenvalue weighted by Crippen LogP contribution is 2.29. The highest BCUT2D eigenvalue weighted by molar-refractivity contribution is 7.92. The number of nitrogens with zero attached hydrogens (tertiary/aromatic N) is 1. The summed E-state index contributed by atoms with van der Waals surface area (Å²) in [6.07, 6.45) is 0.860. The first-order valence-electron chi connectivity index (χ1n) is 8.00. The second-order valence-corrected chi connectivity index (χ2v) is 7.99. The fraction of sp³-hybridized carbons (Fsp3) is 0.333. The normalized spacial score (nSPS) is 11.6. The van der Waals surface area contributed by atoms with Crippen molar-refractivity contribution < 1.29 is 13.2 Å². The van der Waals surface area contributed by atoms with Gasteiger partial charge in [0, 0.05) is 12.6 Å². The summed E-state index contributed by atoms with van der Waals surface area (Å²) in [5.74, 6) is 0.449. The Morgan fingerprint density at radius 1 is 1.12 bits per heavy atom. The van der Waals surface area contributed by atoms with Gasteiger partial charge in [0.05, 0.1) is 15.6 Å². The summed E-state index contributed by atoms with van der Waals surface area (Å²) in [6.45, 7) is 3.21. The van der Waals surface area contributed by atoms with Gasteiger partial charge in [0.15, 0.2) is 0 Å². The number of hydrogen-bond acceptors (Lipinski definition) is 4. The third-order valence-electron chi connectivity index (χ3n) is 3.62. The molecule has 0 amide bonds. The number of ether oxygens (including phenoxy) is 1. The first kappa shape index (κ1) is 19.6. The van der Waals surface area contributed by atoms with Crippen LogP contribution in [0, 0.1) is 0 Å². The number of hydrogen-bond donors (Lipinski definition) is 1. The molecule has 2 aromatic carbocycles. The first-order valence-corrected chi connectivity index (χ1v) is 9.87. The Labute approximate surface area is 154 Å². The molecule has 2 rings (SSSR count). The number of benzene rings is 2. The molecule has 136 valence electrons. The average Bonchev–Trinajstić information content (AvgIpc) is 2.57. The van der Waals surface area contributed by atoms with Gasteiger partial charge in [-0.2, -0.15) is 0 Å². The summed E-state index contributed by atoms with van der Waals surface area (Å²) in [7, 11) is 0.229. The van der Waals surface area contributed by atoms with Crippen LogP contribution in [0.5, 0.6) is 5.75 Å². The van der Waals surface area contributed by atoms with E-state index in [1.54, 1.807) is 30.3 Å². The minimum absolute atomic E-state index is 0.217. The molecule has 0 unspecified atom stereocenters. The van der Waals surface area contributed by atoms with E-state index in [-0.39, 0.29) is 4.90 Å². The Kier molecular flexibility index (Phi) is 6.70. The molecule has 0 bridgehead atoms. The van der Waals surface area contributed by atoms with Crippen molar-refractivity contribution in [3.63, 3.8) is 0 Å². The third-order valence-corrected chi connectivity index (χ3v) is 5.33. The van der Waals surface area contributed by atoms with E-state index < -0.39 is 10.0 Å². The summed E-state index contributed by atoms with van der Waals surface area (Å²) in [5, 5.41) is 0.439. The van der Waals surface area contributed by atoms with Gasteiger partial charge in [-0.1, -0.05) is 30.7 Å². The maximum atomic E-state index is 12.5. The van der Waals surface area contributed by atoms with Crippen LogP contribution in [0.15, 0.2) is 47.4 Å². The molecule has 0 saturated carbocycles. The van der Waals surface area contributed by atoms with Gasteiger partial charge in [0.2, 0.25) is 0 Å². The molecule has 0 aromatic heterocycles. The van der Waals surface area contributed by atoms with E-state index in [4.69, 9.17) is 16.3 Å². The molecule has 0 radical (unpaired) electrons. The summed E-state index contributed by atoms with van der Waals surface area (Å²) < 4.78 is 33.2. The highest BCUT2D eigenvalue weighted by Gasteiger charge is 2.15. The topological polar surface area (TPSA) is 58.6 Å². The standard InChI is InChI=1S/C18H23ClN2O3S/c1-4-14-5-8-16(9-6-14)25(22,23)20-15-7-10-17(19)18(13-15)24-12-11-21(2)3/h5-10,13,20H,4,11-12H2,1-3H3. The van der Waals surface area contributed by atoms with Crippen molar-refractivity contribution in [3.8, 4) is 5.75 Å². The van der Waals surface area contributed by atoms with E-state index in [2.05, 4.69) is 4.72 Å². The molecule has 0 saturated heterocycles. The second-order valence-electron chi connectivity index (χ2n) is 5.90. The Bertz CT molecular complexity index is 806. The van der Waals surface area contributed by atoms with E-state index in [9.17, 15) is 8.42 Å². The minimum atomic E-state index is -3.66. The zero-order valence-electron chi connectivity index (χ0n) is 14.6. The lowest BCUT2D eigenvalue weighted by Gasteiger charge is -2.14. The molecule has 0 aliphatic rings. The van der Waals surface area contributed by atoms with E-state index in [0.717, 1.165) is 18.5 Å². The molecule has 0 heterocycles. The molecular formula is C18H23ClN2O3S. The average molecular weight is 383 g/mol. The maximum absolute atomic E-state index is 12.5. The summed E-state index contributed by atoms with van der Waals surface area (Å²) in [5.41, 5.74) is 1.49. The molecule has 7 heteroatoms. The van der Waals surface area contributed by atoms with Gasteiger partial charge in [-0.05, 0) is 50.3 Å². The van der Waals surface area contributed by atoms with Gasteiger partial charge in [-0.3, -0.25) is 4.72 Å². The Morgan fingerprint density at radius 3 is 2.40 bits per heavy atom. The van der Waals surface area contributed by atoms with Crippen LogP contribution in [0.25, 0.3) is 0 Å². The second kappa shape index (κ2) is 8.56. The van der Waals surface area contributed by atoms with Gasteiger partial charge < -0.3 is 9.64 Å². The fourth-order valence-electron chi connectivity index (χ4n) is 2.13. The van der Waals surface area contributed by atoms with Crippen molar-refractivity contribution in [2.75, 3.05) is 32.0 Å². The van der Waals surface area contributed by atoms with Crippen molar-refractivity contribution in [1.82, 2.24) is 4.90 Å². The van der Waals surface area contributed by atoms with Crippen molar-refractivity contribution in [2.24, 2.45) is 0 Å². The van der Waals surface area contributed by atoms with E-state index in [0.29, 0.717) is 23.1 Å². The van der Waals surface area contributed by atoms with Crippen LogP contribution in [0.4, 0.5) is 5.69 Å². The lowest BCUT2D eigenvalue weighted by molar-refractivity contribution is 0.261. The number of nitrogens with one attached hydrogen (secondary N) is 1. The van der Waals surface area contributed by atoms with Crippen LogP contribution in [0.3, 0.4) is 0 Å². The largest absolute Gasteiger partial charge is 0.491 e. The van der Waals surface area contributed by atoms with Gasteiger partial charge in [-0.25, -0.2) is 8.42 Å². The van der Waals surface area contributed by atoms with Crippen molar-refractivity contribution in [2.45, 2.75) is 18.2 Å². The third kappa shape index (κ3) is 5.63. The Hall–Kier alpha value is -1.76. The number of rotatable bonds is 8. The van der Waals surface area contributed by atoms with E-state index in [1.807, 2.05) is 38.1 Å². The number of likely N-dealkylation sites (N-methyl/N-ethyl adjacent to an activating group) is 1. The molecule has 0 spiro atoms. The lowest BCUT2D eigenvalue weighted by Crippen LogP contribution is -2.19. The van der Waals surface area contributed by atoms with Gasteiger partial charge >= 0.3 is 0 Å². The molecule has 0 aliphatic carbocycles. The van der Waals surface area contributed by atoms with E-state index in [1.165, 1.54) is 0 Å². The van der Waals surface area contributed by atoms with Gasteiger partial charge in [0.1, 0.15) is 12.4 Å². The molecule has 0 fully saturated rings. The Morgan fingerprint density at radius 2 is 1.80 bits per heavy atom. The van der Waals surface area contributed by atoms with Crippen LogP contribution in [0.2, 0.25) is 5.02 Å².